The largest absolute Gasteiger partial charge is 0.325 e. The van der Waals surface area contributed by atoms with Gasteiger partial charge in [-0.25, -0.2) is 0 Å². The number of nitrogens with one attached hydrogen (secondary N) is 3. The summed E-state index contributed by atoms with van der Waals surface area (Å²) in [6, 6.07) is 28.2. The van der Waals surface area contributed by atoms with E-state index >= 15 is 0 Å². The van der Waals surface area contributed by atoms with Crippen LogP contribution in [0.25, 0.3) is 6.08 Å². The molecule has 3 N–H and O–H groups in total. The topological polar surface area (TPSA) is 87.3 Å². The van der Waals surface area contributed by atoms with Crippen LogP contribution in [0.1, 0.15) is 28.4 Å². The first-order chi connectivity index (χ1) is 19.7. The van der Waals surface area contributed by atoms with E-state index in [4.69, 9.17) is 23.2 Å². The lowest BCUT2D eigenvalue weighted by Gasteiger charge is -2.14. The van der Waals surface area contributed by atoms with Gasteiger partial charge in [-0.1, -0.05) is 65.7 Å². The third-order valence-electron chi connectivity index (χ3n) is 5.99. The van der Waals surface area contributed by atoms with E-state index in [1.807, 2.05) is 50.2 Å². The summed E-state index contributed by atoms with van der Waals surface area (Å²) in [5.41, 5.74) is 3.20. The van der Waals surface area contributed by atoms with Crippen molar-refractivity contribution in [2.24, 2.45) is 0 Å². The van der Waals surface area contributed by atoms with Crippen LogP contribution < -0.4 is 16.0 Å². The van der Waals surface area contributed by atoms with Crippen LogP contribution in [0.5, 0.6) is 0 Å². The molecule has 0 aliphatic carbocycles. The molecule has 0 spiro atoms. The summed E-state index contributed by atoms with van der Waals surface area (Å²) < 4.78 is 0. The quantitative estimate of drug-likeness (QED) is 0.134. The molecule has 0 bridgehead atoms. The van der Waals surface area contributed by atoms with Gasteiger partial charge < -0.3 is 16.0 Å². The van der Waals surface area contributed by atoms with Gasteiger partial charge in [0.25, 0.3) is 11.8 Å². The molecule has 6 nitrogen and oxygen atoms in total. The molecule has 0 radical (unpaired) electrons. The predicted molar refractivity (Wildman–Crippen MR) is 169 cm³/mol. The first-order valence-electron chi connectivity index (χ1n) is 12.7. The summed E-state index contributed by atoms with van der Waals surface area (Å²) in [6.07, 6.45) is 1.49. The number of rotatable bonds is 9. The molecule has 0 saturated carbocycles. The van der Waals surface area contributed by atoms with Crippen molar-refractivity contribution in [1.29, 1.82) is 0 Å². The van der Waals surface area contributed by atoms with E-state index in [1.54, 1.807) is 60.7 Å². The minimum absolute atomic E-state index is 0.00280. The standard InChI is InChI=1S/C32H27Cl2N3O3S/c1-20-8-6-7-11-28(20)36-30(38)21(2)41-26-16-14-25(15-17-26)35-32(40)29(18-23-12-13-24(33)19-27(23)34)37-31(39)22-9-4-3-5-10-22/h3-19,21H,1-2H3,(H,35,40)(H,36,38)(H,37,39)/b29-18-. The SMILES string of the molecule is Cc1ccccc1NC(=O)C(C)Sc1ccc(NC(=O)/C(=C/c2ccc(Cl)cc2Cl)NC(=O)c2ccccc2)cc1. The van der Waals surface area contributed by atoms with Crippen LogP contribution >= 0.6 is 35.0 Å². The lowest BCUT2D eigenvalue weighted by molar-refractivity contribution is -0.115. The summed E-state index contributed by atoms with van der Waals surface area (Å²) in [4.78, 5) is 39.7. The third kappa shape index (κ3) is 8.47. The van der Waals surface area contributed by atoms with Crippen LogP contribution in [0.2, 0.25) is 10.0 Å². The molecular weight excluding hydrogens is 577 g/mol. The van der Waals surface area contributed by atoms with E-state index in [-0.39, 0.29) is 16.9 Å². The normalized spacial score (nSPS) is 11.9. The molecule has 0 aliphatic heterocycles. The van der Waals surface area contributed by atoms with Crippen molar-refractivity contribution in [1.82, 2.24) is 5.32 Å². The molecule has 0 fully saturated rings. The molecule has 0 aliphatic rings. The van der Waals surface area contributed by atoms with Crippen LogP contribution in [-0.2, 0) is 9.59 Å². The van der Waals surface area contributed by atoms with E-state index in [1.165, 1.54) is 17.8 Å². The van der Waals surface area contributed by atoms with Crippen LogP contribution in [0, 0.1) is 6.92 Å². The predicted octanol–water partition coefficient (Wildman–Crippen LogP) is 7.83. The van der Waals surface area contributed by atoms with Crippen molar-refractivity contribution in [2.45, 2.75) is 24.0 Å². The van der Waals surface area contributed by atoms with Crippen LogP contribution in [0.15, 0.2) is 108 Å². The lowest BCUT2D eigenvalue weighted by Crippen LogP contribution is -2.30. The van der Waals surface area contributed by atoms with E-state index < -0.39 is 11.8 Å². The van der Waals surface area contributed by atoms with E-state index in [0.717, 1.165) is 16.1 Å². The number of aryl methyl sites for hydroxylation is 1. The molecule has 4 rings (SSSR count). The number of halogens is 2. The second-order valence-electron chi connectivity index (χ2n) is 9.09. The van der Waals surface area contributed by atoms with Crippen molar-refractivity contribution < 1.29 is 14.4 Å². The lowest BCUT2D eigenvalue weighted by atomic mass is 10.1. The average molecular weight is 605 g/mol. The summed E-state index contributed by atoms with van der Waals surface area (Å²) in [7, 11) is 0. The molecule has 4 aromatic carbocycles. The minimum Gasteiger partial charge on any atom is -0.325 e. The smallest absolute Gasteiger partial charge is 0.272 e. The van der Waals surface area contributed by atoms with Gasteiger partial charge in [0.05, 0.1) is 5.25 Å². The molecule has 0 heterocycles. The van der Waals surface area contributed by atoms with Gasteiger partial charge in [-0.15, -0.1) is 11.8 Å². The highest BCUT2D eigenvalue weighted by Gasteiger charge is 2.18. The van der Waals surface area contributed by atoms with Crippen molar-refractivity contribution in [3.05, 3.63) is 129 Å². The van der Waals surface area contributed by atoms with E-state index in [0.29, 0.717) is 26.9 Å². The molecule has 1 unspecified atom stereocenters. The Morgan fingerprint density at radius 3 is 2.20 bits per heavy atom. The Bertz CT molecular complexity index is 1590. The molecule has 9 heteroatoms. The molecule has 0 saturated heterocycles. The summed E-state index contributed by atoms with van der Waals surface area (Å²) in [5, 5.41) is 8.90. The van der Waals surface area contributed by atoms with Crippen LogP contribution in [-0.4, -0.2) is 23.0 Å². The highest BCUT2D eigenvalue weighted by atomic mass is 35.5. The van der Waals surface area contributed by atoms with Gasteiger partial charge in [-0.05, 0) is 85.6 Å². The number of para-hydroxylation sites is 1. The zero-order valence-corrected chi connectivity index (χ0v) is 24.6. The fourth-order valence-electron chi connectivity index (χ4n) is 3.74. The zero-order chi connectivity index (χ0) is 29.4. The Morgan fingerprint density at radius 2 is 1.51 bits per heavy atom. The first kappa shape index (κ1) is 29.9. The number of thioether (sulfide) groups is 1. The monoisotopic (exact) mass is 603 g/mol. The number of hydrogen-bond acceptors (Lipinski definition) is 4. The van der Waals surface area contributed by atoms with Gasteiger partial charge >= 0.3 is 0 Å². The van der Waals surface area contributed by atoms with E-state index in [9.17, 15) is 14.4 Å². The Kier molecular flexibility index (Phi) is 10.2. The van der Waals surface area contributed by atoms with Crippen LogP contribution in [0.4, 0.5) is 11.4 Å². The number of anilines is 2. The molecule has 4 aromatic rings. The van der Waals surface area contributed by atoms with Gasteiger partial charge in [0.1, 0.15) is 5.70 Å². The van der Waals surface area contributed by atoms with Gasteiger partial charge in [-0.3, -0.25) is 14.4 Å². The van der Waals surface area contributed by atoms with E-state index in [2.05, 4.69) is 16.0 Å². The van der Waals surface area contributed by atoms with Crippen LogP contribution in [0.3, 0.4) is 0 Å². The maximum absolute atomic E-state index is 13.3. The second-order valence-corrected chi connectivity index (χ2v) is 11.3. The summed E-state index contributed by atoms with van der Waals surface area (Å²) >= 11 is 13.7. The fourth-order valence-corrected chi connectivity index (χ4v) is 5.07. The maximum atomic E-state index is 13.3. The maximum Gasteiger partial charge on any atom is 0.272 e. The number of amides is 3. The van der Waals surface area contributed by atoms with Gasteiger partial charge in [0.15, 0.2) is 0 Å². The van der Waals surface area contributed by atoms with Gasteiger partial charge in [0.2, 0.25) is 5.91 Å². The fraction of sp³-hybridized carbons (Fsp3) is 0.0938. The third-order valence-corrected chi connectivity index (χ3v) is 7.66. The van der Waals surface area contributed by atoms with Crippen molar-refractivity contribution >= 4 is 70.1 Å². The molecule has 0 aromatic heterocycles. The second kappa shape index (κ2) is 14.0. The summed E-state index contributed by atoms with van der Waals surface area (Å²) in [6.45, 7) is 3.78. The van der Waals surface area contributed by atoms with Crippen molar-refractivity contribution in [3.8, 4) is 0 Å². The minimum atomic E-state index is -0.535. The highest BCUT2D eigenvalue weighted by Crippen LogP contribution is 2.27. The molecule has 41 heavy (non-hydrogen) atoms. The number of benzene rings is 4. The molecule has 208 valence electrons. The summed E-state index contributed by atoms with van der Waals surface area (Å²) in [5.74, 6) is -1.08. The van der Waals surface area contributed by atoms with Gasteiger partial charge in [0, 0.05) is 31.9 Å². The number of carbonyl (C=O) groups is 3. The number of hydrogen-bond donors (Lipinski definition) is 3. The Hall–Kier alpha value is -4.04. The Balaban J connectivity index is 1.46. The Labute approximate surface area is 253 Å². The molecular formula is C32H27Cl2N3O3S. The van der Waals surface area contributed by atoms with Gasteiger partial charge in [-0.2, -0.15) is 0 Å². The van der Waals surface area contributed by atoms with Crippen molar-refractivity contribution in [2.75, 3.05) is 10.6 Å². The molecule has 1 atom stereocenters. The highest BCUT2D eigenvalue weighted by molar-refractivity contribution is 8.00. The van der Waals surface area contributed by atoms with Crippen molar-refractivity contribution in [3.63, 3.8) is 0 Å². The zero-order valence-electron chi connectivity index (χ0n) is 22.3. The number of carbonyl (C=O) groups excluding carboxylic acids is 3. The Morgan fingerprint density at radius 1 is 0.829 bits per heavy atom. The average Bonchev–Trinajstić information content (AvgIpc) is 2.96. The molecule has 3 amide bonds. The first-order valence-corrected chi connectivity index (χ1v) is 14.3.